The first-order valence-electron chi connectivity index (χ1n) is 14.7. The van der Waals surface area contributed by atoms with E-state index in [9.17, 15) is 32.3 Å². The minimum Gasteiger partial charge on any atom is -0.386 e. The first kappa shape index (κ1) is 36.0. The maximum absolute atomic E-state index is 13.5. The van der Waals surface area contributed by atoms with E-state index in [0.717, 1.165) is 11.1 Å². The van der Waals surface area contributed by atoms with Crippen molar-refractivity contribution >= 4 is 35.5 Å². The molecule has 3 rings (SSSR count). The van der Waals surface area contributed by atoms with E-state index in [2.05, 4.69) is 31.0 Å². The van der Waals surface area contributed by atoms with Crippen LogP contribution in [0.1, 0.15) is 43.7 Å². The lowest BCUT2D eigenvalue weighted by Crippen LogP contribution is -2.48. The van der Waals surface area contributed by atoms with Gasteiger partial charge < -0.3 is 31.7 Å². The second-order valence-corrected chi connectivity index (χ2v) is 10.4. The summed E-state index contributed by atoms with van der Waals surface area (Å²) in [5.74, 6) is -4.97. The zero-order valence-electron chi connectivity index (χ0n) is 25.3. The third-order valence-electron chi connectivity index (χ3n) is 6.73. The molecule has 7 N–H and O–H groups in total. The van der Waals surface area contributed by atoms with Gasteiger partial charge in [-0.25, -0.2) is 9.78 Å². The summed E-state index contributed by atoms with van der Waals surface area (Å²) in [7, 11) is 0. The maximum Gasteiger partial charge on any atom is 0.491 e. The molecule has 0 bridgehead atoms. The van der Waals surface area contributed by atoms with E-state index < -0.39 is 48.4 Å². The number of nitrogens with one attached hydrogen (secondary N) is 5. The third kappa shape index (κ3) is 12.8. The number of rotatable bonds is 16. The van der Waals surface area contributed by atoms with Crippen molar-refractivity contribution in [3.8, 4) is 11.1 Å². The van der Waals surface area contributed by atoms with Crippen molar-refractivity contribution in [1.29, 1.82) is 5.41 Å². The van der Waals surface area contributed by atoms with Crippen molar-refractivity contribution in [3.05, 3.63) is 84.6 Å². The Morgan fingerprint density at radius 1 is 0.872 bits per heavy atom. The van der Waals surface area contributed by atoms with Crippen LogP contribution in [0.15, 0.2) is 79.0 Å². The number of alkyl halides is 3. The standard InChI is InChI=1S/C32H36F3N7O5/c33-32(34,35)30(46)47-28(44)20-25(23-15-13-22(14-16-23)21-8-2-1-3-9-21)42-29(45)24(10-6-19-40-31(36)37)41-27(43)12-7-18-39-26-11-4-5-17-38-26/h1-5,8-9,11,13-17,24-25H,6-7,10,12,18-20H2,(H,38,39)(H,41,43)(H,42,45)(H4,36,37,40)/t24-,25?/m0/s1. The Labute approximate surface area is 269 Å². The predicted molar refractivity (Wildman–Crippen MR) is 168 cm³/mol. The van der Waals surface area contributed by atoms with Gasteiger partial charge in [0, 0.05) is 25.7 Å². The molecule has 0 saturated heterocycles. The van der Waals surface area contributed by atoms with Gasteiger partial charge in [-0.2, -0.15) is 13.2 Å². The van der Waals surface area contributed by atoms with Crippen molar-refractivity contribution in [1.82, 2.24) is 20.9 Å². The fourth-order valence-corrected chi connectivity index (χ4v) is 4.43. The number of aromatic nitrogens is 1. The number of guanidine groups is 1. The Morgan fingerprint density at radius 2 is 1.55 bits per heavy atom. The van der Waals surface area contributed by atoms with Gasteiger partial charge in [0.25, 0.3) is 0 Å². The number of ether oxygens (including phenoxy) is 1. The number of nitrogens with two attached hydrogens (primary N) is 1. The molecule has 2 aromatic carbocycles. The van der Waals surface area contributed by atoms with Gasteiger partial charge in [0.05, 0.1) is 12.5 Å². The van der Waals surface area contributed by atoms with Crippen LogP contribution in [0.25, 0.3) is 11.1 Å². The Kier molecular flexibility index (Phi) is 13.7. The zero-order chi connectivity index (χ0) is 34.2. The van der Waals surface area contributed by atoms with Gasteiger partial charge in [-0.1, -0.05) is 60.7 Å². The highest BCUT2D eigenvalue weighted by molar-refractivity contribution is 5.90. The normalized spacial score (nSPS) is 12.2. The average molecular weight is 656 g/mol. The van der Waals surface area contributed by atoms with Crippen LogP contribution >= 0.6 is 0 Å². The van der Waals surface area contributed by atoms with E-state index >= 15 is 0 Å². The van der Waals surface area contributed by atoms with Crippen LogP contribution in [-0.2, 0) is 23.9 Å². The minimum absolute atomic E-state index is 0.0611. The predicted octanol–water partition coefficient (Wildman–Crippen LogP) is 3.57. The summed E-state index contributed by atoms with van der Waals surface area (Å²) >= 11 is 0. The van der Waals surface area contributed by atoms with Crippen LogP contribution in [-0.4, -0.2) is 60.0 Å². The lowest BCUT2D eigenvalue weighted by atomic mass is 9.98. The van der Waals surface area contributed by atoms with Gasteiger partial charge in [0.15, 0.2) is 5.96 Å². The number of carbonyl (C=O) groups excluding carboxylic acids is 4. The van der Waals surface area contributed by atoms with Crippen molar-refractivity contribution in [2.45, 2.75) is 50.4 Å². The highest BCUT2D eigenvalue weighted by atomic mass is 19.4. The summed E-state index contributed by atoms with van der Waals surface area (Å²) < 4.78 is 42.2. The molecular formula is C32H36F3N7O5. The highest BCUT2D eigenvalue weighted by Crippen LogP contribution is 2.25. The highest BCUT2D eigenvalue weighted by Gasteiger charge is 2.42. The molecule has 12 nitrogen and oxygen atoms in total. The molecule has 250 valence electrons. The van der Waals surface area contributed by atoms with E-state index in [1.54, 1.807) is 42.6 Å². The van der Waals surface area contributed by atoms with Gasteiger partial charge in [-0.05, 0) is 48.1 Å². The Hall–Kier alpha value is -5.47. The smallest absolute Gasteiger partial charge is 0.386 e. The molecule has 0 aliphatic rings. The Bertz CT molecular complexity index is 1490. The summed E-state index contributed by atoms with van der Waals surface area (Å²) in [6, 6.07) is 18.9. The molecule has 2 amide bonds. The first-order chi connectivity index (χ1) is 22.4. The lowest BCUT2D eigenvalue weighted by molar-refractivity contribution is -0.202. The number of nitrogens with zero attached hydrogens (tertiary/aromatic N) is 1. The van der Waals surface area contributed by atoms with Crippen molar-refractivity contribution in [2.75, 3.05) is 18.4 Å². The fourth-order valence-electron chi connectivity index (χ4n) is 4.43. The van der Waals surface area contributed by atoms with Crippen molar-refractivity contribution < 1.29 is 37.1 Å². The number of amides is 2. The van der Waals surface area contributed by atoms with Gasteiger partial charge in [-0.15, -0.1) is 0 Å². The van der Waals surface area contributed by atoms with Crippen molar-refractivity contribution in [3.63, 3.8) is 0 Å². The maximum atomic E-state index is 13.5. The molecule has 0 spiro atoms. The molecule has 0 saturated carbocycles. The molecular weight excluding hydrogens is 619 g/mol. The largest absolute Gasteiger partial charge is 0.491 e. The molecule has 1 unspecified atom stereocenters. The number of hydrogen-bond donors (Lipinski definition) is 6. The zero-order valence-corrected chi connectivity index (χ0v) is 25.3. The number of pyridine rings is 1. The monoisotopic (exact) mass is 655 g/mol. The van der Waals surface area contributed by atoms with Crippen LogP contribution in [0.2, 0.25) is 0 Å². The van der Waals surface area contributed by atoms with E-state index in [4.69, 9.17) is 11.1 Å². The second-order valence-electron chi connectivity index (χ2n) is 10.4. The number of carbonyl (C=O) groups is 4. The Balaban J connectivity index is 1.74. The summed E-state index contributed by atoms with van der Waals surface area (Å²) in [5.41, 5.74) is 7.35. The second kappa shape index (κ2) is 17.9. The van der Waals surface area contributed by atoms with Crippen LogP contribution in [0.3, 0.4) is 0 Å². The van der Waals surface area contributed by atoms with Crippen LogP contribution in [0.4, 0.5) is 19.0 Å². The minimum atomic E-state index is -5.39. The molecule has 47 heavy (non-hydrogen) atoms. The third-order valence-corrected chi connectivity index (χ3v) is 6.73. The quantitative estimate of drug-likeness (QED) is 0.0441. The molecule has 0 aliphatic heterocycles. The van der Waals surface area contributed by atoms with Gasteiger partial charge in [0.2, 0.25) is 11.8 Å². The van der Waals surface area contributed by atoms with E-state index in [0.29, 0.717) is 30.8 Å². The van der Waals surface area contributed by atoms with Gasteiger partial charge in [-0.3, -0.25) is 19.8 Å². The summed E-state index contributed by atoms with van der Waals surface area (Å²) in [4.78, 5) is 54.2. The number of esters is 2. The van der Waals surface area contributed by atoms with E-state index in [-0.39, 0.29) is 25.3 Å². The fraction of sp³-hybridized carbons (Fsp3) is 0.312. The molecule has 2 atom stereocenters. The topological polar surface area (TPSA) is 188 Å². The Morgan fingerprint density at radius 3 is 2.19 bits per heavy atom. The number of halogens is 3. The molecule has 0 fully saturated rings. The molecule has 0 radical (unpaired) electrons. The summed E-state index contributed by atoms with van der Waals surface area (Å²) in [5, 5.41) is 18.3. The molecule has 0 aliphatic carbocycles. The van der Waals surface area contributed by atoms with Crippen LogP contribution in [0.5, 0.6) is 0 Å². The molecule has 1 aromatic heterocycles. The number of anilines is 1. The lowest BCUT2D eigenvalue weighted by Gasteiger charge is -2.24. The number of benzene rings is 2. The van der Waals surface area contributed by atoms with E-state index in [1.165, 1.54) is 0 Å². The average Bonchev–Trinajstić information content (AvgIpc) is 3.04. The first-order valence-corrected chi connectivity index (χ1v) is 14.7. The molecule has 1 heterocycles. The number of hydrogen-bond acceptors (Lipinski definition) is 8. The van der Waals surface area contributed by atoms with Crippen LogP contribution < -0.4 is 27.0 Å². The molecule has 3 aromatic rings. The SMILES string of the molecule is N=C(N)NCCC[C@H](NC(=O)CCCNc1ccccn1)C(=O)NC(CC(=O)OC(=O)C(F)(F)F)c1ccc(-c2ccccc2)cc1. The summed E-state index contributed by atoms with van der Waals surface area (Å²) in [6.45, 7) is 0.656. The van der Waals surface area contributed by atoms with E-state index in [1.807, 2.05) is 36.4 Å². The van der Waals surface area contributed by atoms with Gasteiger partial charge >= 0.3 is 18.1 Å². The van der Waals surface area contributed by atoms with Crippen molar-refractivity contribution in [2.24, 2.45) is 5.73 Å². The summed E-state index contributed by atoms with van der Waals surface area (Å²) in [6.07, 6.45) is -3.69. The van der Waals surface area contributed by atoms with Crippen LogP contribution in [0, 0.1) is 5.41 Å². The molecule has 15 heteroatoms. The van der Waals surface area contributed by atoms with Gasteiger partial charge in [0.1, 0.15) is 11.9 Å².